The molecule has 7 nitrogen and oxygen atoms in total. The van der Waals surface area contributed by atoms with E-state index in [0.717, 1.165) is 38.5 Å². The summed E-state index contributed by atoms with van der Waals surface area (Å²) in [6, 6.07) is -0.598. The molecule has 1 aliphatic heterocycles. The predicted octanol–water partition coefficient (Wildman–Crippen LogP) is 2.67. The zero-order valence-corrected chi connectivity index (χ0v) is 19.3. The number of aliphatic hydroxyl groups excluding tert-OH is 1. The van der Waals surface area contributed by atoms with E-state index in [4.69, 9.17) is 9.84 Å². The average Bonchev–Trinajstić information content (AvgIpc) is 3.03. The van der Waals surface area contributed by atoms with Crippen molar-refractivity contribution < 1.29 is 24.2 Å². The Morgan fingerprint density at radius 3 is 2.52 bits per heavy atom. The Morgan fingerprint density at radius 1 is 1.10 bits per heavy atom. The SMILES string of the molecule is CCCCNC(=O)[C@@H]1[C@H]2C=C[C@@H](CCC)[C@@H](C(=O)OCC)[C@H]2C(=O)N1CCCCCO. The summed E-state index contributed by atoms with van der Waals surface area (Å²) in [5, 5.41) is 12.1. The van der Waals surface area contributed by atoms with Crippen molar-refractivity contribution in [2.24, 2.45) is 23.7 Å². The van der Waals surface area contributed by atoms with E-state index in [2.05, 4.69) is 19.2 Å². The molecule has 0 bridgehead atoms. The van der Waals surface area contributed by atoms with Gasteiger partial charge < -0.3 is 20.1 Å². The van der Waals surface area contributed by atoms with Crippen molar-refractivity contribution in [3.63, 3.8) is 0 Å². The summed E-state index contributed by atoms with van der Waals surface area (Å²) in [4.78, 5) is 41.3. The molecule has 2 amide bonds. The topological polar surface area (TPSA) is 95.9 Å². The number of rotatable bonds is 13. The number of carbonyl (C=O) groups excluding carboxylic acids is 3. The number of likely N-dealkylation sites (tertiary alicyclic amines) is 1. The van der Waals surface area contributed by atoms with Crippen LogP contribution in [0.3, 0.4) is 0 Å². The van der Waals surface area contributed by atoms with E-state index < -0.39 is 17.9 Å². The molecule has 5 atom stereocenters. The highest BCUT2D eigenvalue weighted by atomic mass is 16.5. The lowest BCUT2D eigenvalue weighted by atomic mass is 9.69. The molecule has 1 heterocycles. The van der Waals surface area contributed by atoms with Crippen molar-refractivity contribution in [3.05, 3.63) is 12.2 Å². The van der Waals surface area contributed by atoms with Crippen LogP contribution in [-0.2, 0) is 19.1 Å². The van der Waals surface area contributed by atoms with Crippen LogP contribution in [-0.4, -0.2) is 60.1 Å². The van der Waals surface area contributed by atoms with Crippen molar-refractivity contribution >= 4 is 17.8 Å². The van der Waals surface area contributed by atoms with Gasteiger partial charge in [0.2, 0.25) is 11.8 Å². The smallest absolute Gasteiger partial charge is 0.310 e. The number of allylic oxidation sites excluding steroid dienone is 1. The van der Waals surface area contributed by atoms with Crippen molar-refractivity contribution in [1.82, 2.24) is 10.2 Å². The molecule has 0 spiro atoms. The van der Waals surface area contributed by atoms with E-state index >= 15 is 0 Å². The summed E-state index contributed by atoms with van der Waals surface area (Å²) >= 11 is 0. The summed E-state index contributed by atoms with van der Waals surface area (Å²) in [5.41, 5.74) is 0. The molecule has 1 aliphatic carbocycles. The molecule has 1 fully saturated rings. The standard InChI is InChI=1S/C24H40N2O5/c1-4-7-14-25-22(28)21-18-13-12-17(11-5-2)19(24(30)31-6-3)20(18)23(29)26(21)15-9-8-10-16-27/h12-13,17-21,27H,4-11,14-16H2,1-3H3,(H,25,28)/t17-,18+,19-,20+,21+/m1/s1. The van der Waals surface area contributed by atoms with Gasteiger partial charge in [-0.15, -0.1) is 0 Å². The van der Waals surface area contributed by atoms with Gasteiger partial charge in [-0.3, -0.25) is 14.4 Å². The van der Waals surface area contributed by atoms with Crippen LogP contribution < -0.4 is 5.32 Å². The highest BCUT2D eigenvalue weighted by Crippen LogP contribution is 2.45. The second-order valence-electron chi connectivity index (χ2n) is 8.62. The molecular weight excluding hydrogens is 396 g/mol. The number of nitrogens with one attached hydrogen (secondary N) is 1. The summed E-state index contributed by atoms with van der Waals surface area (Å²) in [7, 11) is 0. The molecule has 1 saturated heterocycles. The first-order chi connectivity index (χ1) is 15.0. The van der Waals surface area contributed by atoms with Crippen LogP contribution in [0.2, 0.25) is 0 Å². The Hall–Kier alpha value is -1.89. The quantitative estimate of drug-likeness (QED) is 0.263. The number of fused-ring (bicyclic) bond motifs is 1. The molecule has 0 aromatic carbocycles. The first-order valence-corrected chi connectivity index (χ1v) is 12.1. The highest BCUT2D eigenvalue weighted by Gasteiger charge is 2.57. The van der Waals surface area contributed by atoms with Crippen LogP contribution in [0.5, 0.6) is 0 Å². The second-order valence-corrected chi connectivity index (χ2v) is 8.62. The Labute approximate surface area is 186 Å². The molecule has 7 heteroatoms. The molecule has 2 aliphatic rings. The lowest BCUT2D eigenvalue weighted by Gasteiger charge is -2.33. The fraction of sp³-hybridized carbons (Fsp3) is 0.792. The molecule has 0 unspecified atom stereocenters. The highest BCUT2D eigenvalue weighted by molar-refractivity contribution is 5.96. The fourth-order valence-electron chi connectivity index (χ4n) is 4.97. The molecule has 2 rings (SSSR count). The van der Waals surface area contributed by atoms with Gasteiger partial charge in [-0.1, -0.05) is 38.8 Å². The van der Waals surface area contributed by atoms with Gasteiger partial charge in [-0.05, 0) is 44.9 Å². The van der Waals surface area contributed by atoms with E-state index in [1.54, 1.807) is 11.8 Å². The normalized spacial score (nSPS) is 27.3. The molecule has 176 valence electrons. The minimum absolute atomic E-state index is 0.0487. The number of amides is 2. The fourth-order valence-corrected chi connectivity index (χ4v) is 4.97. The van der Waals surface area contributed by atoms with Gasteiger partial charge in [0.05, 0.1) is 18.4 Å². The van der Waals surface area contributed by atoms with Gasteiger partial charge in [-0.2, -0.15) is 0 Å². The maximum Gasteiger partial charge on any atom is 0.310 e. The van der Waals surface area contributed by atoms with Crippen molar-refractivity contribution in [2.45, 2.75) is 71.8 Å². The first kappa shape index (κ1) is 25.4. The molecular formula is C24H40N2O5. The lowest BCUT2D eigenvalue weighted by Crippen LogP contribution is -2.47. The number of carbonyl (C=O) groups is 3. The second kappa shape index (κ2) is 12.8. The third-order valence-electron chi connectivity index (χ3n) is 6.45. The summed E-state index contributed by atoms with van der Waals surface area (Å²) in [6.45, 7) is 7.34. The van der Waals surface area contributed by atoms with Crippen LogP contribution in [0.4, 0.5) is 0 Å². The van der Waals surface area contributed by atoms with Crippen molar-refractivity contribution in [3.8, 4) is 0 Å². The van der Waals surface area contributed by atoms with Gasteiger partial charge in [0.25, 0.3) is 0 Å². The number of hydrogen-bond acceptors (Lipinski definition) is 5. The maximum atomic E-state index is 13.6. The Kier molecular flexibility index (Phi) is 10.5. The zero-order valence-electron chi connectivity index (χ0n) is 19.3. The lowest BCUT2D eigenvalue weighted by molar-refractivity contribution is -0.155. The van der Waals surface area contributed by atoms with Crippen LogP contribution in [0, 0.1) is 23.7 Å². The summed E-state index contributed by atoms with van der Waals surface area (Å²) in [6.07, 6.45) is 9.78. The summed E-state index contributed by atoms with van der Waals surface area (Å²) in [5.74, 6) is -2.07. The van der Waals surface area contributed by atoms with Gasteiger partial charge in [0.15, 0.2) is 0 Å². The first-order valence-electron chi connectivity index (χ1n) is 12.1. The minimum atomic E-state index is -0.598. The van der Waals surface area contributed by atoms with Gasteiger partial charge in [0, 0.05) is 25.6 Å². The Bertz CT molecular complexity index is 635. The molecule has 0 saturated carbocycles. The average molecular weight is 437 g/mol. The number of ether oxygens (including phenoxy) is 1. The number of nitrogens with zero attached hydrogens (tertiary/aromatic N) is 1. The van der Waals surface area contributed by atoms with Gasteiger partial charge >= 0.3 is 5.97 Å². The van der Waals surface area contributed by atoms with Crippen LogP contribution in [0.15, 0.2) is 12.2 Å². The van der Waals surface area contributed by atoms with Crippen molar-refractivity contribution in [1.29, 1.82) is 0 Å². The zero-order chi connectivity index (χ0) is 22.8. The van der Waals surface area contributed by atoms with E-state index in [0.29, 0.717) is 19.5 Å². The van der Waals surface area contributed by atoms with Gasteiger partial charge in [0.1, 0.15) is 6.04 Å². The van der Waals surface area contributed by atoms with E-state index in [1.165, 1.54) is 0 Å². The maximum absolute atomic E-state index is 13.6. The van der Waals surface area contributed by atoms with Crippen molar-refractivity contribution in [2.75, 3.05) is 26.3 Å². The largest absolute Gasteiger partial charge is 0.466 e. The van der Waals surface area contributed by atoms with Crippen LogP contribution in [0.1, 0.15) is 65.7 Å². The monoisotopic (exact) mass is 436 g/mol. The third kappa shape index (κ3) is 6.09. The molecule has 31 heavy (non-hydrogen) atoms. The minimum Gasteiger partial charge on any atom is -0.466 e. The van der Waals surface area contributed by atoms with E-state index in [1.807, 2.05) is 12.2 Å². The third-order valence-corrected chi connectivity index (χ3v) is 6.45. The number of aliphatic hydroxyl groups is 1. The Balaban J connectivity index is 2.32. The Morgan fingerprint density at radius 2 is 1.87 bits per heavy atom. The number of unbranched alkanes of at least 4 members (excludes halogenated alkanes) is 3. The number of hydrogen-bond donors (Lipinski definition) is 2. The molecule has 2 N–H and O–H groups in total. The molecule has 0 radical (unpaired) electrons. The van der Waals surface area contributed by atoms with Crippen LogP contribution in [0.25, 0.3) is 0 Å². The summed E-state index contributed by atoms with van der Waals surface area (Å²) < 4.78 is 5.37. The van der Waals surface area contributed by atoms with E-state index in [-0.39, 0.29) is 42.8 Å². The van der Waals surface area contributed by atoms with Crippen LogP contribution >= 0.6 is 0 Å². The predicted molar refractivity (Wildman–Crippen MR) is 119 cm³/mol. The number of esters is 1. The molecule has 0 aromatic rings. The van der Waals surface area contributed by atoms with E-state index in [9.17, 15) is 14.4 Å². The van der Waals surface area contributed by atoms with Gasteiger partial charge in [-0.25, -0.2) is 0 Å². The molecule has 0 aromatic heterocycles.